The summed E-state index contributed by atoms with van der Waals surface area (Å²) in [7, 11) is 1.24. The lowest BCUT2D eigenvalue weighted by Gasteiger charge is -2.22. The average Bonchev–Trinajstić information content (AvgIpc) is 3.37. The van der Waals surface area contributed by atoms with Crippen LogP contribution in [0.25, 0.3) is 0 Å². The van der Waals surface area contributed by atoms with Crippen molar-refractivity contribution in [1.82, 2.24) is 4.98 Å². The summed E-state index contributed by atoms with van der Waals surface area (Å²) in [5.74, 6) is -0.119. The number of thiazole rings is 1. The van der Waals surface area contributed by atoms with Crippen LogP contribution in [0.1, 0.15) is 21.1 Å². The number of aryl methyl sites for hydroxylation is 1. The van der Waals surface area contributed by atoms with Gasteiger partial charge in [0, 0.05) is 0 Å². The van der Waals surface area contributed by atoms with Crippen LogP contribution < -0.4 is 9.64 Å². The summed E-state index contributed by atoms with van der Waals surface area (Å²) in [6.07, 6.45) is 0.664. The van der Waals surface area contributed by atoms with E-state index in [1.165, 1.54) is 35.7 Å². The molecule has 3 rings (SSSR count). The second-order valence-corrected chi connectivity index (χ2v) is 7.89. The zero-order valence-corrected chi connectivity index (χ0v) is 18.2. The maximum absolute atomic E-state index is 12.2. The second kappa shape index (κ2) is 9.84. The van der Waals surface area contributed by atoms with Crippen molar-refractivity contribution in [1.29, 1.82) is 0 Å². The maximum atomic E-state index is 12.2. The summed E-state index contributed by atoms with van der Waals surface area (Å²) in [5, 5.41) is 0.873. The van der Waals surface area contributed by atoms with Gasteiger partial charge in [-0.15, -0.1) is 11.3 Å². The fraction of sp³-hybridized carbons (Fsp3) is 0.211. The van der Waals surface area contributed by atoms with Gasteiger partial charge in [-0.2, -0.15) is 0 Å². The molecule has 0 bridgehead atoms. The van der Waals surface area contributed by atoms with E-state index in [4.69, 9.17) is 41.8 Å². The van der Waals surface area contributed by atoms with Crippen molar-refractivity contribution in [2.75, 3.05) is 18.7 Å². The van der Waals surface area contributed by atoms with Crippen LogP contribution in [0.2, 0.25) is 9.49 Å². The molecule has 0 unspecified atom stereocenters. The Labute approximate surface area is 185 Å². The number of ether oxygens (including phenoxy) is 3. The molecule has 0 saturated heterocycles. The molecule has 30 heavy (non-hydrogen) atoms. The Balaban J connectivity index is 1.70. The molecule has 2 heterocycles. The molecule has 0 atom stereocenters. The fourth-order valence-electron chi connectivity index (χ4n) is 2.47. The number of amides is 1. The highest BCUT2D eigenvalue weighted by Gasteiger charge is 2.21. The van der Waals surface area contributed by atoms with E-state index in [9.17, 15) is 9.59 Å². The van der Waals surface area contributed by atoms with E-state index in [-0.39, 0.29) is 24.3 Å². The molecular formula is C19H16Cl2N2O6S. The Morgan fingerprint density at radius 3 is 2.67 bits per heavy atom. The highest BCUT2D eigenvalue weighted by atomic mass is 35.5. The Bertz CT molecular complexity index is 1020. The summed E-state index contributed by atoms with van der Waals surface area (Å²) in [5.41, 5.74) is 1.18. The van der Waals surface area contributed by atoms with Gasteiger partial charge in [0.05, 0.1) is 19.1 Å². The molecule has 0 aliphatic rings. The number of halogens is 2. The third-order valence-electron chi connectivity index (χ3n) is 3.86. The van der Waals surface area contributed by atoms with Crippen LogP contribution in [0, 0.1) is 6.92 Å². The predicted octanol–water partition coefficient (Wildman–Crippen LogP) is 5.32. The summed E-state index contributed by atoms with van der Waals surface area (Å²) in [6, 6.07) is 8.08. The number of rotatable bonds is 7. The van der Waals surface area contributed by atoms with Crippen LogP contribution in [0.5, 0.6) is 5.75 Å². The van der Waals surface area contributed by atoms with Crippen LogP contribution in [0.15, 0.2) is 41.0 Å². The van der Waals surface area contributed by atoms with Crippen molar-refractivity contribution in [2.24, 2.45) is 0 Å². The summed E-state index contributed by atoms with van der Waals surface area (Å²) >= 11 is 13.0. The van der Waals surface area contributed by atoms with Gasteiger partial charge in [0.2, 0.25) is 5.76 Å². The molecule has 0 aliphatic heterocycles. The van der Waals surface area contributed by atoms with E-state index in [0.29, 0.717) is 26.3 Å². The highest BCUT2D eigenvalue weighted by molar-refractivity contribution is 7.16. The molecule has 8 nitrogen and oxygen atoms in total. The molecule has 0 saturated carbocycles. The van der Waals surface area contributed by atoms with E-state index in [1.807, 2.05) is 0 Å². The van der Waals surface area contributed by atoms with Gasteiger partial charge in [0.15, 0.2) is 11.9 Å². The maximum Gasteiger partial charge on any atom is 0.416 e. The molecule has 0 aliphatic carbocycles. The number of furan rings is 1. The average molecular weight is 471 g/mol. The summed E-state index contributed by atoms with van der Waals surface area (Å²) in [4.78, 5) is 29.5. The van der Waals surface area contributed by atoms with Crippen LogP contribution in [0.3, 0.4) is 0 Å². The van der Waals surface area contributed by atoms with Crippen molar-refractivity contribution < 1.29 is 28.2 Å². The van der Waals surface area contributed by atoms with Gasteiger partial charge in [-0.25, -0.2) is 19.5 Å². The monoisotopic (exact) mass is 470 g/mol. The number of hydrogen-bond acceptors (Lipinski definition) is 8. The normalized spacial score (nSPS) is 10.5. The third-order valence-corrected chi connectivity index (χ3v) is 5.57. The topological polar surface area (TPSA) is 91.1 Å². The molecule has 2 aromatic heterocycles. The minimum Gasteiger partial charge on any atom is -0.486 e. The fourth-order valence-corrected chi connectivity index (χ4v) is 3.64. The first-order valence-electron chi connectivity index (χ1n) is 8.49. The standard InChI is InChI=1S/C19H16Cl2N2O6S/c1-11-8-12(28-9-15-22-16(20)17(21)30-15)5-6-13(11)23(19(25)26-2)10-29-18(24)14-4-3-7-27-14/h3-8H,9-10H2,1-2H3. The molecule has 1 amide bonds. The van der Waals surface area contributed by atoms with Gasteiger partial charge in [0.25, 0.3) is 0 Å². The highest BCUT2D eigenvalue weighted by Crippen LogP contribution is 2.30. The van der Waals surface area contributed by atoms with Gasteiger partial charge in [-0.1, -0.05) is 23.2 Å². The largest absolute Gasteiger partial charge is 0.486 e. The molecule has 0 fully saturated rings. The summed E-state index contributed by atoms with van der Waals surface area (Å²) < 4.78 is 21.1. The minimum absolute atomic E-state index is 0.0303. The Morgan fingerprint density at radius 2 is 2.07 bits per heavy atom. The number of methoxy groups -OCH3 is 1. The molecule has 3 aromatic rings. The third kappa shape index (κ3) is 5.24. The van der Waals surface area contributed by atoms with E-state index in [1.54, 1.807) is 31.2 Å². The zero-order valence-electron chi connectivity index (χ0n) is 15.9. The SMILES string of the molecule is COC(=O)N(COC(=O)c1ccco1)c1ccc(OCc2nc(Cl)c(Cl)s2)cc1C. The number of carbonyl (C=O) groups excluding carboxylic acids is 2. The van der Waals surface area contributed by atoms with Gasteiger partial charge in [-0.05, 0) is 42.8 Å². The lowest BCUT2D eigenvalue weighted by Crippen LogP contribution is -2.34. The van der Waals surface area contributed by atoms with Crippen LogP contribution in [-0.4, -0.2) is 30.9 Å². The number of aromatic nitrogens is 1. The number of carbonyl (C=O) groups is 2. The minimum atomic E-state index is -0.702. The van der Waals surface area contributed by atoms with Gasteiger partial charge in [-0.3, -0.25) is 0 Å². The molecule has 0 radical (unpaired) electrons. The van der Waals surface area contributed by atoms with E-state index in [2.05, 4.69) is 4.98 Å². The van der Waals surface area contributed by atoms with Gasteiger partial charge < -0.3 is 18.6 Å². The first kappa shape index (κ1) is 21.9. The van der Waals surface area contributed by atoms with Crippen molar-refractivity contribution in [3.8, 4) is 5.75 Å². The predicted molar refractivity (Wildman–Crippen MR) is 112 cm³/mol. The van der Waals surface area contributed by atoms with Gasteiger partial charge in [0.1, 0.15) is 21.7 Å². The molecule has 158 valence electrons. The lowest BCUT2D eigenvalue weighted by atomic mass is 10.2. The van der Waals surface area contributed by atoms with Crippen molar-refractivity contribution in [3.63, 3.8) is 0 Å². The van der Waals surface area contributed by atoms with Gasteiger partial charge >= 0.3 is 12.1 Å². The van der Waals surface area contributed by atoms with Crippen LogP contribution in [0.4, 0.5) is 10.5 Å². The number of nitrogens with zero attached hydrogens (tertiary/aromatic N) is 2. The molecule has 1 aromatic carbocycles. The van der Waals surface area contributed by atoms with Crippen LogP contribution >= 0.6 is 34.5 Å². The number of hydrogen-bond donors (Lipinski definition) is 0. The molecule has 11 heteroatoms. The number of esters is 1. The van der Waals surface area contributed by atoms with E-state index < -0.39 is 12.1 Å². The number of anilines is 1. The van der Waals surface area contributed by atoms with E-state index in [0.717, 1.165) is 0 Å². The van der Waals surface area contributed by atoms with Crippen molar-refractivity contribution >= 4 is 52.3 Å². The smallest absolute Gasteiger partial charge is 0.416 e. The van der Waals surface area contributed by atoms with Crippen molar-refractivity contribution in [3.05, 3.63) is 62.4 Å². The molecule has 0 spiro atoms. The summed E-state index contributed by atoms with van der Waals surface area (Å²) in [6.45, 7) is 1.62. The second-order valence-electron chi connectivity index (χ2n) is 5.85. The number of benzene rings is 1. The van der Waals surface area contributed by atoms with Crippen molar-refractivity contribution in [2.45, 2.75) is 13.5 Å². The first-order chi connectivity index (χ1) is 14.4. The lowest BCUT2D eigenvalue weighted by molar-refractivity contribution is 0.0467. The first-order valence-corrected chi connectivity index (χ1v) is 10.1. The zero-order chi connectivity index (χ0) is 21.7. The molecule has 0 N–H and O–H groups in total. The molecular weight excluding hydrogens is 455 g/mol. The Morgan fingerprint density at radius 1 is 1.27 bits per heavy atom. The Hall–Kier alpha value is -2.75. The Kier molecular flexibility index (Phi) is 7.20. The van der Waals surface area contributed by atoms with Crippen LogP contribution in [-0.2, 0) is 16.1 Å². The van der Waals surface area contributed by atoms with E-state index >= 15 is 0 Å². The quantitative estimate of drug-likeness (QED) is 0.340.